The Hall–Kier alpha value is -1.06. The van der Waals surface area contributed by atoms with Crippen molar-refractivity contribution in [1.29, 1.82) is 0 Å². The van der Waals surface area contributed by atoms with Crippen LogP contribution in [0.5, 0.6) is 5.75 Å². The van der Waals surface area contributed by atoms with Crippen LogP contribution in [0.4, 0.5) is 0 Å². The van der Waals surface area contributed by atoms with E-state index in [1.807, 2.05) is 26.0 Å². The number of aliphatic hydroxyl groups excluding tert-OH is 1. The summed E-state index contributed by atoms with van der Waals surface area (Å²) in [5, 5.41) is 9.02. The largest absolute Gasteiger partial charge is 0.496 e. The molecule has 0 aliphatic carbocycles. The molecule has 1 aromatic carbocycles. The summed E-state index contributed by atoms with van der Waals surface area (Å²) in [5.74, 6) is 0.754. The van der Waals surface area contributed by atoms with Crippen molar-refractivity contribution in [2.45, 2.75) is 19.9 Å². The third kappa shape index (κ3) is 2.05. The molecule has 1 atom stereocenters. The van der Waals surface area contributed by atoms with Crippen molar-refractivity contribution in [3.05, 3.63) is 28.8 Å². The lowest BCUT2D eigenvalue weighted by Gasteiger charge is -2.17. The smallest absolute Gasteiger partial charge is 0.124 e. The Balaban J connectivity index is 3.24. The monoisotopic (exact) mass is 195 g/mol. The number of hydrogen-bond donors (Lipinski definition) is 2. The van der Waals surface area contributed by atoms with Crippen molar-refractivity contribution in [1.82, 2.24) is 0 Å². The Labute approximate surface area is 84.5 Å². The number of rotatable bonds is 3. The number of hydrogen-bond acceptors (Lipinski definition) is 3. The van der Waals surface area contributed by atoms with Gasteiger partial charge in [0.25, 0.3) is 0 Å². The second-order valence-electron chi connectivity index (χ2n) is 3.49. The van der Waals surface area contributed by atoms with Crippen LogP contribution < -0.4 is 10.5 Å². The first kappa shape index (κ1) is 11.0. The third-order valence-corrected chi connectivity index (χ3v) is 2.28. The van der Waals surface area contributed by atoms with Gasteiger partial charge in [0.05, 0.1) is 19.8 Å². The molecule has 0 aliphatic heterocycles. The first-order chi connectivity index (χ1) is 6.60. The van der Waals surface area contributed by atoms with Gasteiger partial charge in [-0.1, -0.05) is 6.07 Å². The molecule has 1 aromatic rings. The summed E-state index contributed by atoms with van der Waals surface area (Å²) in [4.78, 5) is 0. The molecule has 0 bridgehead atoms. The molecule has 3 N–H and O–H groups in total. The molecule has 0 saturated heterocycles. The zero-order chi connectivity index (χ0) is 10.7. The minimum Gasteiger partial charge on any atom is -0.496 e. The molecule has 3 nitrogen and oxygen atoms in total. The van der Waals surface area contributed by atoms with Crippen LogP contribution in [-0.4, -0.2) is 18.8 Å². The highest BCUT2D eigenvalue weighted by Crippen LogP contribution is 2.28. The van der Waals surface area contributed by atoms with E-state index >= 15 is 0 Å². The van der Waals surface area contributed by atoms with Crippen molar-refractivity contribution < 1.29 is 9.84 Å². The van der Waals surface area contributed by atoms with Gasteiger partial charge in [-0.2, -0.15) is 0 Å². The maximum absolute atomic E-state index is 9.02. The fraction of sp³-hybridized carbons (Fsp3) is 0.455. The zero-order valence-electron chi connectivity index (χ0n) is 8.87. The second kappa shape index (κ2) is 4.44. The van der Waals surface area contributed by atoms with Crippen molar-refractivity contribution in [3.63, 3.8) is 0 Å². The predicted octanol–water partition coefficient (Wildman–Crippen LogP) is 1.30. The van der Waals surface area contributed by atoms with Gasteiger partial charge in [0.15, 0.2) is 0 Å². The Morgan fingerprint density at radius 3 is 2.57 bits per heavy atom. The van der Waals surface area contributed by atoms with Gasteiger partial charge in [-0.25, -0.2) is 0 Å². The number of aryl methyl sites for hydroxylation is 2. The molecule has 0 spiro atoms. The summed E-state index contributed by atoms with van der Waals surface area (Å²) in [7, 11) is 1.61. The maximum Gasteiger partial charge on any atom is 0.124 e. The van der Waals surface area contributed by atoms with Crippen molar-refractivity contribution >= 4 is 0 Å². The molecule has 14 heavy (non-hydrogen) atoms. The van der Waals surface area contributed by atoms with Crippen molar-refractivity contribution in [2.24, 2.45) is 5.73 Å². The van der Waals surface area contributed by atoms with Gasteiger partial charge in [0, 0.05) is 5.56 Å². The minimum absolute atomic E-state index is 0.0692. The van der Waals surface area contributed by atoms with Crippen molar-refractivity contribution in [2.75, 3.05) is 13.7 Å². The van der Waals surface area contributed by atoms with E-state index in [0.29, 0.717) is 0 Å². The van der Waals surface area contributed by atoms with Crippen LogP contribution in [0.1, 0.15) is 22.7 Å². The number of methoxy groups -OCH3 is 1. The number of benzene rings is 1. The first-order valence-corrected chi connectivity index (χ1v) is 4.61. The van der Waals surface area contributed by atoms with Gasteiger partial charge >= 0.3 is 0 Å². The third-order valence-electron chi connectivity index (χ3n) is 2.28. The van der Waals surface area contributed by atoms with Crippen LogP contribution in [-0.2, 0) is 0 Å². The molecule has 0 aromatic heterocycles. The summed E-state index contributed by atoms with van der Waals surface area (Å²) in [6, 6.07) is 3.59. The molecule has 0 amide bonds. The van der Waals surface area contributed by atoms with E-state index in [9.17, 15) is 0 Å². The summed E-state index contributed by atoms with van der Waals surface area (Å²) in [6.07, 6.45) is 0. The van der Waals surface area contributed by atoms with E-state index in [1.165, 1.54) is 0 Å². The average Bonchev–Trinajstić information content (AvgIpc) is 2.15. The normalized spacial score (nSPS) is 12.6. The van der Waals surface area contributed by atoms with Gasteiger partial charge in [-0.05, 0) is 31.0 Å². The quantitative estimate of drug-likeness (QED) is 0.764. The molecule has 3 heteroatoms. The molecule has 0 heterocycles. The Kier molecular flexibility index (Phi) is 3.49. The fourth-order valence-electron chi connectivity index (χ4n) is 1.68. The molecule has 0 fully saturated rings. The van der Waals surface area contributed by atoms with Gasteiger partial charge in [0.1, 0.15) is 5.75 Å². The number of ether oxygens (including phenoxy) is 1. The molecular formula is C11H17NO2. The van der Waals surface area contributed by atoms with E-state index in [1.54, 1.807) is 7.11 Å². The van der Waals surface area contributed by atoms with Crippen LogP contribution >= 0.6 is 0 Å². The van der Waals surface area contributed by atoms with Crippen LogP contribution in [0.25, 0.3) is 0 Å². The molecular weight excluding hydrogens is 178 g/mol. The van der Waals surface area contributed by atoms with E-state index in [2.05, 4.69) is 0 Å². The molecule has 0 unspecified atom stereocenters. The van der Waals surface area contributed by atoms with E-state index in [4.69, 9.17) is 15.6 Å². The standard InChI is InChI=1S/C11H17NO2/c1-7-4-8(2)11(9(12)6-13)10(5-7)14-3/h4-5,9,13H,6,12H2,1-3H3/t9-/m0/s1. The maximum atomic E-state index is 9.02. The lowest BCUT2D eigenvalue weighted by Crippen LogP contribution is -2.17. The van der Waals surface area contributed by atoms with Gasteiger partial charge < -0.3 is 15.6 Å². The van der Waals surface area contributed by atoms with Gasteiger partial charge in [-0.3, -0.25) is 0 Å². The second-order valence-corrected chi connectivity index (χ2v) is 3.49. The summed E-state index contributed by atoms with van der Waals surface area (Å²) < 4.78 is 5.24. The summed E-state index contributed by atoms with van der Waals surface area (Å²) in [5.41, 5.74) is 8.87. The fourth-order valence-corrected chi connectivity index (χ4v) is 1.68. The van der Waals surface area contributed by atoms with E-state index < -0.39 is 0 Å². The zero-order valence-corrected chi connectivity index (χ0v) is 8.87. The Morgan fingerprint density at radius 1 is 1.43 bits per heavy atom. The SMILES string of the molecule is COc1cc(C)cc(C)c1[C@@H](N)CO. The van der Waals surface area contributed by atoms with E-state index in [0.717, 1.165) is 22.4 Å². The summed E-state index contributed by atoms with van der Waals surface area (Å²) >= 11 is 0. The number of aliphatic hydroxyl groups is 1. The lowest BCUT2D eigenvalue weighted by atomic mass is 9.99. The van der Waals surface area contributed by atoms with Crippen LogP contribution in [0.3, 0.4) is 0 Å². The van der Waals surface area contributed by atoms with Gasteiger partial charge in [0.2, 0.25) is 0 Å². The summed E-state index contributed by atoms with van der Waals surface area (Å²) in [6.45, 7) is 3.91. The molecule has 0 radical (unpaired) electrons. The first-order valence-electron chi connectivity index (χ1n) is 4.61. The van der Waals surface area contributed by atoms with Crippen molar-refractivity contribution in [3.8, 4) is 5.75 Å². The van der Waals surface area contributed by atoms with E-state index in [-0.39, 0.29) is 12.6 Å². The lowest BCUT2D eigenvalue weighted by molar-refractivity contribution is 0.264. The van der Waals surface area contributed by atoms with Crippen LogP contribution in [0.2, 0.25) is 0 Å². The Bertz CT molecular complexity index is 323. The molecule has 78 valence electrons. The van der Waals surface area contributed by atoms with Crippen LogP contribution in [0, 0.1) is 13.8 Å². The average molecular weight is 195 g/mol. The molecule has 1 rings (SSSR count). The highest BCUT2D eigenvalue weighted by Gasteiger charge is 2.14. The minimum atomic E-state index is -0.370. The number of nitrogens with two attached hydrogens (primary N) is 1. The molecule has 0 saturated carbocycles. The highest BCUT2D eigenvalue weighted by atomic mass is 16.5. The van der Waals surface area contributed by atoms with Gasteiger partial charge in [-0.15, -0.1) is 0 Å². The predicted molar refractivity (Wildman–Crippen MR) is 56.5 cm³/mol. The van der Waals surface area contributed by atoms with Crippen LogP contribution in [0.15, 0.2) is 12.1 Å². The Morgan fingerprint density at radius 2 is 2.07 bits per heavy atom. The topological polar surface area (TPSA) is 55.5 Å². The highest BCUT2D eigenvalue weighted by molar-refractivity contribution is 5.44. The molecule has 0 aliphatic rings.